The molecule has 2 aromatic carbocycles. The van der Waals surface area contributed by atoms with Crippen molar-refractivity contribution < 1.29 is 19.4 Å². The predicted octanol–water partition coefficient (Wildman–Crippen LogP) is 4.52. The first-order valence-corrected chi connectivity index (χ1v) is 13.0. The third-order valence-electron chi connectivity index (χ3n) is 7.76. The normalized spacial score (nSPS) is 19.1. The number of anilines is 1. The largest absolute Gasteiger partial charge is 0.488 e. The van der Waals surface area contributed by atoms with Crippen molar-refractivity contribution >= 4 is 11.8 Å². The fourth-order valence-corrected chi connectivity index (χ4v) is 5.70. The number of aryl methyl sites for hydroxylation is 1. The zero-order valence-corrected chi connectivity index (χ0v) is 21.8. The van der Waals surface area contributed by atoms with E-state index < -0.39 is 11.9 Å². The van der Waals surface area contributed by atoms with Gasteiger partial charge in [0.05, 0.1) is 24.3 Å². The molecule has 2 atom stereocenters. The van der Waals surface area contributed by atoms with Gasteiger partial charge in [0.2, 0.25) is 0 Å². The van der Waals surface area contributed by atoms with Crippen molar-refractivity contribution in [3.63, 3.8) is 0 Å². The fraction of sp³-hybridized carbons (Fsp3) is 0.400. The summed E-state index contributed by atoms with van der Waals surface area (Å²) in [4.78, 5) is 18.8. The number of hydrogen-bond donors (Lipinski definition) is 2. The molecule has 194 valence electrons. The molecule has 3 aromatic rings. The van der Waals surface area contributed by atoms with Crippen molar-refractivity contribution in [3.05, 3.63) is 76.3 Å². The lowest BCUT2D eigenvalue weighted by Gasteiger charge is -2.27. The standard InChI is InChI=1S/C30H35N3O4/c1-19-6-4-7-24(29(19)37-17-22-11-10-21-16-31-14-12-23(21)20(22)2)26-8-5-9-28(32-26)33-15-13-25(30(34)35)27(33)18-36-3/h4-11,25,27,31H,12-18H2,1-3H3,(H,34,35)/t25-,27-/m1/s1. The Balaban J connectivity index is 1.42. The second-order valence-corrected chi connectivity index (χ2v) is 9.98. The van der Waals surface area contributed by atoms with Gasteiger partial charge in [0.1, 0.15) is 18.2 Å². The van der Waals surface area contributed by atoms with E-state index in [1.807, 2.05) is 30.3 Å². The van der Waals surface area contributed by atoms with Crippen LogP contribution in [0.15, 0.2) is 48.5 Å². The number of fused-ring (bicyclic) bond motifs is 1. The molecule has 2 N–H and O–H groups in total. The number of carboxylic acid groups (broad SMARTS) is 1. The van der Waals surface area contributed by atoms with Crippen LogP contribution in [0.3, 0.4) is 0 Å². The molecule has 0 spiro atoms. The summed E-state index contributed by atoms with van der Waals surface area (Å²) in [7, 11) is 1.61. The molecule has 7 heteroatoms. The minimum absolute atomic E-state index is 0.249. The first-order chi connectivity index (χ1) is 18.0. The third-order valence-corrected chi connectivity index (χ3v) is 7.76. The average molecular weight is 502 g/mol. The van der Waals surface area contributed by atoms with Crippen LogP contribution in [0, 0.1) is 19.8 Å². The van der Waals surface area contributed by atoms with Gasteiger partial charge in [-0.05, 0) is 79.3 Å². The molecule has 7 nitrogen and oxygen atoms in total. The summed E-state index contributed by atoms with van der Waals surface area (Å²) in [5.74, 6) is 0.321. The molecule has 0 aliphatic carbocycles. The molecule has 3 heterocycles. The molecule has 37 heavy (non-hydrogen) atoms. The number of nitrogens with zero attached hydrogens (tertiary/aromatic N) is 2. The Morgan fingerprint density at radius 2 is 2.00 bits per heavy atom. The number of ether oxygens (including phenoxy) is 2. The maximum absolute atomic E-state index is 11.8. The maximum Gasteiger partial charge on any atom is 0.308 e. The number of carbonyl (C=O) groups is 1. The van der Waals surface area contributed by atoms with Crippen LogP contribution in [-0.4, -0.2) is 48.9 Å². The number of aliphatic carboxylic acids is 1. The lowest BCUT2D eigenvalue weighted by atomic mass is 9.93. The molecule has 0 radical (unpaired) electrons. The van der Waals surface area contributed by atoms with E-state index in [0.29, 0.717) is 26.2 Å². The molecular formula is C30H35N3O4. The monoisotopic (exact) mass is 501 g/mol. The Morgan fingerprint density at radius 1 is 1.16 bits per heavy atom. The summed E-state index contributed by atoms with van der Waals surface area (Å²) in [6.45, 7) is 7.66. The molecule has 0 unspecified atom stereocenters. The number of nitrogens with one attached hydrogen (secondary N) is 1. The van der Waals surface area contributed by atoms with Gasteiger partial charge in [-0.15, -0.1) is 0 Å². The Labute approximate surface area is 218 Å². The van der Waals surface area contributed by atoms with E-state index in [0.717, 1.165) is 47.9 Å². The van der Waals surface area contributed by atoms with Crippen LogP contribution in [0.1, 0.15) is 34.2 Å². The first kappa shape index (κ1) is 25.2. The number of para-hydroxylation sites is 1. The lowest BCUT2D eigenvalue weighted by Crippen LogP contribution is -2.39. The first-order valence-electron chi connectivity index (χ1n) is 13.0. The molecule has 2 aliphatic heterocycles. The van der Waals surface area contributed by atoms with Gasteiger partial charge in [0.25, 0.3) is 0 Å². The number of pyridine rings is 1. The highest BCUT2D eigenvalue weighted by Crippen LogP contribution is 2.36. The number of aromatic nitrogens is 1. The Bertz CT molecular complexity index is 1290. The minimum Gasteiger partial charge on any atom is -0.488 e. The Hall–Kier alpha value is -3.42. The summed E-state index contributed by atoms with van der Waals surface area (Å²) >= 11 is 0. The van der Waals surface area contributed by atoms with Crippen molar-refractivity contribution in [2.45, 2.75) is 45.9 Å². The molecule has 0 amide bonds. The Morgan fingerprint density at radius 3 is 2.81 bits per heavy atom. The molecule has 1 aromatic heterocycles. The SMILES string of the molecule is COC[C@@H]1[C@H](C(=O)O)CCN1c1cccc(-c2cccc(C)c2OCc2ccc3c(c2C)CCNC3)n1. The van der Waals surface area contributed by atoms with Crippen LogP contribution in [0.25, 0.3) is 11.3 Å². The van der Waals surface area contributed by atoms with E-state index in [-0.39, 0.29) is 6.04 Å². The number of carboxylic acids is 1. The van der Waals surface area contributed by atoms with Gasteiger partial charge in [-0.25, -0.2) is 4.98 Å². The number of methoxy groups -OCH3 is 1. The van der Waals surface area contributed by atoms with E-state index >= 15 is 0 Å². The van der Waals surface area contributed by atoms with Crippen LogP contribution in [0.2, 0.25) is 0 Å². The van der Waals surface area contributed by atoms with E-state index in [1.54, 1.807) is 7.11 Å². The predicted molar refractivity (Wildman–Crippen MR) is 144 cm³/mol. The molecule has 0 saturated carbocycles. The van der Waals surface area contributed by atoms with Crippen molar-refractivity contribution in [2.24, 2.45) is 5.92 Å². The van der Waals surface area contributed by atoms with Crippen LogP contribution in [0.4, 0.5) is 5.82 Å². The lowest BCUT2D eigenvalue weighted by molar-refractivity contribution is -0.142. The summed E-state index contributed by atoms with van der Waals surface area (Å²) in [5.41, 5.74) is 8.13. The van der Waals surface area contributed by atoms with E-state index in [1.165, 1.54) is 22.3 Å². The van der Waals surface area contributed by atoms with Gasteiger partial charge < -0.3 is 24.8 Å². The van der Waals surface area contributed by atoms with Gasteiger partial charge in [-0.2, -0.15) is 0 Å². The molecular weight excluding hydrogens is 466 g/mol. The summed E-state index contributed by atoms with van der Waals surface area (Å²) in [6.07, 6.45) is 1.62. The molecule has 0 bridgehead atoms. The average Bonchev–Trinajstić information content (AvgIpc) is 3.33. The number of rotatable bonds is 8. The van der Waals surface area contributed by atoms with Crippen molar-refractivity contribution in [2.75, 3.05) is 31.7 Å². The smallest absolute Gasteiger partial charge is 0.308 e. The molecule has 5 rings (SSSR count). The number of benzene rings is 2. The van der Waals surface area contributed by atoms with Crippen molar-refractivity contribution in [1.82, 2.24) is 10.3 Å². The highest BCUT2D eigenvalue weighted by Gasteiger charge is 2.39. The van der Waals surface area contributed by atoms with Gasteiger partial charge >= 0.3 is 5.97 Å². The van der Waals surface area contributed by atoms with Crippen LogP contribution < -0.4 is 15.0 Å². The molecule has 2 aliphatic rings. The van der Waals surface area contributed by atoms with Gasteiger partial charge in [-0.1, -0.05) is 30.3 Å². The second kappa shape index (κ2) is 10.9. The zero-order valence-electron chi connectivity index (χ0n) is 21.8. The summed E-state index contributed by atoms with van der Waals surface area (Å²) in [5, 5.41) is 13.1. The van der Waals surface area contributed by atoms with Crippen LogP contribution >= 0.6 is 0 Å². The van der Waals surface area contributed by atoms with Crippen LogP contribution in [0.5, 0.6) is 5.75 Å². The van der Waals surface area contributed by atoms with E-state index in [2.05, 4.69) is 42.3 Å². The van der Waals surface area contributed by atoms with E-state index in [4.69, 9.17) is 14.5 Å². The highest BCUT2D eigenvalue weighted by atomic mass is 16.5. The third kappa shape index (κ3) is 5.06. The molecule has 1 saturated heterocycles. The second-order valence-electron chi connectivity index (χ2n) is 9.98. The summed E-state index contributed by atoms with van der Waals surface area (Å²) in [6, 6.07) is 16.2. The van der Waals surface area contributed by atoms with Gasteiger partial charge in [0.15, 0.2) is 0 Å². The number of hydrogen-bond acceptors (Lipinski definition) is 6. The highest BCUT2D eigenvalue weighted by molar-refractivity contribution is 5.74. The quantitative estimate of drug-likeness (QED) is 0.470. The van der Waals surface area contributed by atoms with Crippen molar-refractivity contribution in [3.8, 4) is 17.0 Å². The minimum atomic E-state index is -0.788. The van der Waals surface area contributed by atoms with Crippen molar-refractivity contribution in [1.29, 1.82) is 0 Å². The topological polar surface area (TPSA) is 83.9 Å². The van der Waals surface area contributed by atoms with Gasteiger partial charge in [-0.3, -0.25) is 4.79 Å². The summed E-state index contributed by atoms with van der Waals surface area (Å²) < 4.78 is 11.9. The Kier molecular flexibility index (Phi) is 7.44. The fourth-order valence-electron chi connectivity index (χ4n) is 5.70. The molecule has 1 fully saturated rings. The van der Waals surface area contributed by atoms with Crippen LogP contribution in [-0.2, 0) is 29.1 Å². The maximum atomic E-state index is 11.8. The van der Waals surface area contributed by atoms with Gasteiger partial charge in [0, 0.05) is 25.8 Å². The zero-order chi connectivity index (χ0) is 25.9. The van der Waals surface area contributed by atoms with E-state index in [9.17, 15) is 9.90 Å².